The van der Waals surface area contributed by atoms with E-state index < -0.39 is 5.91 Å². The quantitative estimate of drug-likeness (QED) is 0.195. The summed E-state index contributed by atoms with van der Waals surface area (Å²) in [5, 5.41) is 9.06. The Morgan fingerprint density at radius 2 is 1.48 bits per heavy atom. The van der Waals surface area contributed by atoms with Crippen molar-refractivity contribution in [2.75, 3.05) is 42.3 Å². The van der Waals surface area contributed by atoms with Crippen LogP contribution in [-0.2, 0) is 22.0 Å². The Kier molecular flexibility index (Phi) is 9.95. The van der Waals surface area contributed by atoms with E-state index in [0.29, 0.717) is 71.2 Å². The molecule has 3 aromatic carbocycles. The third-order valence-corrected chi connectivity index (χ3v) is 8.35. The lowest BCUT2D eigenvalue weighted by Gasteiger charge is -2.26. The zero-order chi connectivity index (χ0) is 34.6. The van der Waals surface area contributed by atoms with Crippen molar-refractivity contribution in [3.05, 3.63) is 118 Å². The number of carbonyl (C=O) groups is 3. The number of hydrogen-bond donors (Lipinski definition) is 3. The van der Waals surface area contributed by atoms with Crippen LogP contribution in [-0.4, -0.2) is 53.5 Å². The molecule has 3 amide bonds. The number of carbonyl (C=O) groups excluding carboxylic acids is 3. The van der Waals surface area contributed by atoms with Gasteiger partial charge in [0.2, 0.25) is 5.91 Å². The van der Waals surface area contributed by atoms with Crippen molar-refractivity contribution in [3.63, 3.8) is 0 Å². The highest BCUT2D eigenvalue weighted by Crippen LogP contribution is 2.37. The predicted molar refractivity (Wildman–Crippen MR) is 190 cm³/mol. The van der Waals surface area contributed by atoms with Crippen LogP contribution in [0.15, 0.2) is 90.4 Å². The first-order chi connectivity index (χ1) is 22.8. The van der Waals surface area contributed by atoms with Gasteiger partial charge in [-0.2, -0.15) is 0 Å². The lowest BCUT2D eigenvalue weighted by atomic mass is 9.86. The van der Waals surface area contributed by atoms with E-state index in [1.807, 2.05) is 19.1 Å². The summed E-state index contributed by atoms with van der Waals surface area (Å²) in [5.74, 6) is -0.742. The molecule has 1 aromatic heterocycles. The van der Waals surface area contributed by atoms with Gasteiger partial charge in [0, 0.05) is 65.6 Å². The maximum absolute atomic E-state index is 13.3. The van der Waals surface area contributed by atoms with Crippen LogP contribution in [0, 0.1) is 6.92 Å². The summed E-state index contributed by atoms with van der Waals surface area (Å²) in [7, 11) is 1.64. The summed E-state index contributed by atoms with van der Waals surface area (Å²) in [4.78, 5) is 53.7. The number of rotatable bonds is 8. The van der Waals surface area contributed by atoms with Crippen LogP contribution in [0.4, 0.5) is 22.7 Å². The zero-order valence-electron chi connectivity index (χ0n) is 28.0. The minimum atomic E-state index is -0.402. The summed E-state index contributed by atoms with van der Waals surface area (Å²) in [6.07, 6.45) is 2.86. The number of pyridine rings is 1. The van der Waals surface area contributed by atoms with Crippen LogP contribution in [0.1, 0.15) is 52.6 Å². The van der Waals surface area contributed by atoms with Gasteiger partial charge in [-0.25, -0.2) is 0 Å². The van der Waals surface area contributed by atoms with Crippen LogP contribution in [0.2, 0.25) is 0 Å². The third kappa shape index (κ3) is 7.56. The van der Waals surface area contributed by atoms with E-state index in [2.05, 4.69) is 43.3 Å². The minimum absolute atomic E-state index is 0.0405. The molecule has 0 bridgehead atoms. The molecular formula is C38H41N5O5. The summed E-state index contributed by atoms with van der Waals surface area (Å²) in [6.45, 7) is 13.9. The van der Waals surface area contributed by atoms with E-state index in [1.54, 1.807) is 72.7 Å². The van der Waals surface area contributed by atoms with E-state index in [4.69, 9.17) is 4.74 Å². The van der Waals surface area contributed by atoms with Gasteiger partial charge in [-0.3, -0.25) is 19.2 Å². The van der Waals surface area contributed by atoms with Crippen LogP contribution in [0.5, 0.6) is 0 Å². The van der Waals surface area contributed by atoms with Crippen molar-refractivity contribution in [1.29, 1.82) is 0 Å². The molecule has 3 N–H and O–H groups in total. The molecule has 0 spiro atoms. The highest BCUT2D eigenvalue weighted by molar-refractivity contribution is 6.07. The molecule has 10 heteroatoms. The predicted octanol–water partition coefficient (Wildman–Crippen LogP) is 6.25. The van der Waals surface area contributed by atoms with Crippen LogP contribution in [0.3, 0.4) is 0 Å². The fourth-order valence-corrected chi connectivity index (χ4v) is 5.56. The van der Waals surface area contributed by atoms with Crippen molar-refractivity contribution in [2.45, 2.75) is 33.1 Å². The molecule has 1 saturated heterocycles. The zero-order valence-corrected chi connectivity index (χ0v) is 28.0. The highest BCUT2D eigenvalue weighted by atomic mass is 16.5. The maximum atomic E-state index is 13.3. The first-order valence-electron chi connectivity index (χ1n) is 15.8. The van der Waals surface area contributed by atoms with Crippen LogP contribution < -0.4 is 21.5 Å². The summed E-state index contributed by atoms with van der Waals surface area (Å²) >= 11 is 0. The molecule has 1 aliphatic heterocycles. The molecule has 2 heterocycles. The number of aryl methyl sites for hydroxylation is 1. The Labute approximate surface area is 280 Å². The van der Waals surface area contributed by atoms with Gasteiger partial charge < -0.3 is 30.2 Å². The van der Waals surface area contributed by atoms with Gasteiger partial charge in [0.1, 0.15) is 5.69 Å². The summed E-state index contributed by atoms with van der Waals surface area (Å²) in [5.41, 5.74) is 5.75. The Bertz CT molecular complexity index is 1920. The third-order valence-electron chi connectivity index (χ3n) is 8.35. The lowest BCUT2D eigenvalue weighted by molar-refractivity contribution is -0.111. The Morgan fingerprint density at radius 1 is 0.854 bits per heavy atom. The molecule has 248 valence electrons. The number of amides is 3. The molecule has 1 aliphatic rings. The van der Waals surface area contributed by atoms with Gasteiger partial charge in [0.25, 0.3) is 17.4 Å². The monoisotopic (exact) mass is 647 g/mol. The van der Waals surface area contributed by atoms with Gasteiger partial charge in [0.05, 0.1) is 13.2 Å². The first-order valence-corrected chi connectivity index (χ1v) is 15.8. The molecule has 10 nitrogen and oxygen atoms in total. The van der Waals surface area contributed by atoms with Crippen LogP contribution >= 0.6 is 0 Å². The van der Waals surface area contributed by atoms with E-state index in [-0.39, 0.29) is 28.5 Å². The fourth-order valence-electron chi connectivity index (χ4n) is 5.56. The maximum Gasteiger partial charge on any atom is 0.274 e. The molecule has 0 saturated carbocycles. The number of nitrogens with one attached hydrogen (secondary N) is 3. The van der Waals surface area contributed by atoms with Crippen molar-refractivity contribution < 1.29 is 19.1 Å². The number of hydrogen-bond acceptors (Lipinski definition) is 6. The van der Waals surface area contributed by atoms with Gasteiger partial charge in [-0.15, -0.1) is 0 Å². The Hall–Kier alpha value is -5.48. The average Bonchev–Trinajstić information content (AvgIpc) is 3.08. The molecule has 5 rings (SSSR count). The van der Waals surface area contributed by atoms with Crippen LogP contribution in [0.25, 0.3) is 11.1 Å². The molecule has 0 atom stereocenters. The number of morpholine rings is 1. The highest BCUT2D eigenvalue weighted by Gasteiger charge is 2.20. The minimum Gasteiger partial charge on any atom is -0.378 e. The molecular weight excluding hydrogens is 606 g/mol. The van der Waals surface area contributed by atoms with Crippen molar-refractivity contribution >= 4 is 40.5 Å². The van der Waals surface area contributed by atoms with Crippen molar-refractivity contribution in [2.24, 2.45) is 7.05 Å². The molecule has 48 heavy (non-hydrogen) atoms. The second-order valence-corrected chi connectivity index (χ2v) is 12.8. The first kappa shape index (κ1) is 33.9. The number of anilines is 4. The topological polar surface area (TPSA) is 122 Å². The number of ether oxygens (including phenoxy) is 1. The summed E-state index contributed by atoms with van der Waals surface area (Å²) in [6, 6.07) is 19.6. The van der Waals surface area contributed by atoms with E-state index in [1.165, 1.54) is 10.6 Å². The molecule has 4 aromatic rings. The smallest absolute Gasteiger partial charge is 0.274 e. The Morgan fingerprint density at radius 3 is 2.10 bits per heavy atom. The van der Waals surface area contributed by atoms with E-state index in [0.717, 1.165) is 5.56 Å². The number of nitrogens with zero attached hydrogens (tertiary/aromatic N) is 2. The molecule has 0 aliphatic carbocycles. The van der Waals surface area contributed by atoms with Gasteiger partial charge in [-0.05, 0) is 84.1 Å². The van der Waals surface area contributed by atoms with Gasteiger partial charge >= 0.3 is 0 Å². The molecule has 1 fully saturated rings. The largest absolute Gasteiger partial charge is 0.378 e. The second-order valence-electron chi connectivity index (χ2n) is 12.8. The summed E-state index contributed by atoms with van der Waals surface area (Å²) < 4.78 is 6.80. The number of aromatic nitrogens is 1. The normalized spacial score (nSPS) is 13.1. The molecule has 0 radical (unpaired) electrons. The van der Waals surface area contributed by atoms with Gasteiger partial charge in [-0.1, -0.05) is 39.5 Å². The number of benzene rings is 3. The average molecular weight is 648 g/mol. The van der Waals surface area contributed by atoms with Crippen molar-refractivity contribution in [3.8, 4) is 11.1 Å². The SMILES string of the molecule is C=CC(=O)Nc1ccc(NC(=O)c2ccc(C(C)(C)C)cc2)c(C)c1-c1cc(Nc2ccc(C(=O)N3CCOCC3)cc2)c(=O)n(C)c1. The second kappa shape index (κ2) is 14.1. The molecule has 0 unspecified atom stereocenters. The van der Waals surface area contributed by atoms with E-state index >= 15 is 0 Å². The Balaban J connectivity index is 1.47. The lowest BCUT2D eigenvalue weighted by Crippen LogP contribution is -2.40. The fraction of sp³-hybridized carbons (Fsp3) is 0.263. The van der Waals surface area contributed by atoms with Crippen molar-refractivity contribution in [1.82, 2.24) is 9.47 Å². The van der Waals surface area contributed by atoms with E-state index in [9.17, 15) is 19.2 Å². The standard InChI is InChI=1S/C38H41N5O5/c1-7-33(44)40-31-17-16-30(41-35(45)25-8-12-28(13-9-25)38(3,4)5)24(2)34(31)27-22-32(37(47)42(6)23-27)39-29-14-10-26(11-15-29)36(46)43-18-20-48-21-19-43/h7-17,22-23,39H,1,18-21H2,2-6H3,(H,40,44)(H,41,45). The van der Waals surface area contributed by atoms with Gasteiger partial charge in [0.15, 0.2) is 0 Å².